The second-order valence-corrected chi connectivity index (χ2v) is 0. The smallest absolute Gasteiger partial charge is 0 e. The molecule has 0 rings (SSSR count). The summed E-state index contributed by atoms with van der Waals surface area (Å²) < 4.78 is 0. The fourth-order valence-corrected chi connectivity index (χ4v) is 0. The minimum absolute atomic E-state index is 0. The molecule has 0 atom stereocenters. The Kier molecular flexibility index (Phi) is 522. The topological polar surface area (TPSA) is 31.5 Å². The maximum atomic E-state index is 0. The van der Waals surface area contributed by atoms with Crippen molar-refractivity contribution in [3.8, 4) is 0 Å². The van der Waals surface area contributed by atoms with Crippen LogP contribution in [0.2, 0.25) is 0 Å². The Morgan fingerprint density at radius 2 is 1.00 bits per heavy atom. The van der Waals surface area contributed by atoms with E-state index in [9.17, 15) is 0 Å². The van der Waals surface area contributed by atoms with Gasteiger partial charge in [-0.1, -0.05) is 0 Å². The first-order valence-corrected chi connectivity index (χ1v) is 0. The number of halogens is 1. The molecule has 0 saturated heterocycles. The van der Waals surface area contributed by atoms with Crippen molar-refractivity contribution in [1.29, 1.82) is 0 Å². The first-order chi connectivity index (χ1) is 0. The largest absolute Gasteiger partial charge is 0.412 e. The summed E-state index contributed by atoms with van der Waals surface area (Å²) in [6.07, 6.45) is 0. The molecule has 0 unspecified atom stereocenters. The van der Waals surface area contributed by atoms with Crippen LogP contribution in [0.5, 0.6) is 0 Å². The van der Waals surface area contributed by atoms with Crippen molar-refractivity contribution in [1.82, 2.24) is 0 Å². The predicted molar refractivity (Wildman–Crippen MR) is 11.9 cm³/mol. The second-order valence-electron chi connectivity index (χ2n) is 0. The molecule has 0 aromatic carbocycles. The molecule has 0 fully saturated rings. The van der Waals surface area contributed by atoms with Gasteiger partial charge in [-0.25, -0.2) is 0 Å². The van der Waals surface area contributed by atoms with E-state index in [4.69, 9.17) is 0 Å². The van der Waals surface area contributed by atoms with Crippen LogP contribution in [0, 0.1) is 35.6 Å². The van der Waals surface area contributed by atoms with Crippen LogP contribution >= 0.6 is 0 Å². The van der Waals surface area contributed by atoms with E-state index < -0.39 is 0 Å². The molecule has 0 aromatic heterocycles. The molecular formula is H3BFLaO. The van der Waals surface area contributed by atoms with Gasteiger partial charge in [0.25, 0.3) is 0 Å². The molecule has 0 saturated carbocycles. The number of hydrogen-bond donors (Lipinski definition) is 0. The first-order valence-electron chi connectivity index (χ1n) is 0. The Morgan fingerprint density at radius 1 is 1.00 bits per heavy atom. The van der Waals surface area contributed by atoms with Crippen LogP contribution in [0.25, 0.3) is 0 Å². The summed E-state index contributed by atoms with van der Waals surface area (Å²) >= 11 is 0. The third kappa shape index (κ3) is 11.0. The van der Waals surface area contributed by atoms with Crippen molar-refractivity contribution < 1.29 is 45.8 Å². The minimum Gasteiger partial charge on any atom is -0.412 e. The van der Waals surface area contributed by atoms with Gasteiger partial charge < -0.3 is 5.48 Å². The standard InChI is InChI=1S/B.FH.La.H2O/h;1H;;1H2. The van der Waals surface area contributed by atoms with Crippen molar-refractivity contribution in [3.63, 3.8) is 0 Å². The summed E-state index contributed by atoms with van der Waals surface area (Å²) in [5.41, 5.74) is 0. The predicted octanol–water partition coefficient (Wildman–Crippen LogP) is -1.05. The van der Waals surface area contributed by atoms with Gasteiger partial charge in [0.05, 0.1) is 0 Å². The summed E-state index contributed by atoms with van der Waals surface area (Å²) in [7, 11) is 0. The first kappa shape index (κ1) is 67.1. The Bertz CT molecular complexity index is 8.00. The Hall–Kier alpha value is 1.15. The molecule has 4 heteroatoms. The quantitative estimate of drug-likeness (QED) is 0.434. The molecule has 4 heavy (non-hydrogen) atoms. The average molecular weight is 188 g/mol. The molecule has 0 spiro atoms. The Morgan fingerprint density at radius 3 is 1.00 bits per heavy atom. The van der Waals surface area contributed by atoms with Crippen LogP contribution < -0.4 is 0 Å². The molecule has 0 amide bonds. The van der Waals surface area contributed by atoms with Gasteiger partial charge in [-0.2, -0.15) is 0 Å². The third-order valence-electron chi connectivity index (χ3n) is 0. The molecule has 1 nitrogen and oxygen atoms in total. The summed E-state index contributed by atoms with van der Waals surface area (Å²) in [5.74, 6) is 0. The van der Waals surface area contributed by atoms with E-state index in [2.05, 4.69) is 0 Å². The molecule has 2 N–H and O–H groups in total. The molecule has 22 valence electrons. The van der Waals surface area contributed by atoms with Crippen molar-refractivity contribution >= 4 is 8.41 Å². The molecule has 4 radical (unpaired) electrons. The van der Waals surface area contributed by atoms with Gasteiger partial charge in [-0.15, -0.1) is 0 Å². The molecular weight excluding hydrogens is 185 g/mol. The monoisotopic (exact) mass is 188 g/mol. The fourth-order valence-electron chi connectivity index (χ4n) is 0. The SMILES string of the molecule is F.O.[B].[La]. The van der Waals surface area contributed by atoms with E-state index in [0.29, 0.717) is 0 Å². The molecule has 0 heterocycles. The zero-order valence-corrected chi connectivity index (χ0v) is 5.69. The van der Waals surface area contributed by atoms with Crippen LogP contribution in [-0.4, -0.2) is 13.9 Å². The van der Waals surface area contributed by atoms with Crippen LogP contribution in [0.1, 0.15) is 0 Å². The molecule has 0 bridgehead atoms. The Balaban J connectivity index is 0. The van der Waals surface area contributed by atoms with Gasteiger partial charge in [0, 0.05) is 44.0 Å². The summed E-state index contributed by atoms with van der Waals surface area (Å²) in [6.45, 7) is 0. The van der Waals surface area contributed by atoms with Gasteiger partial charge in [-0.3, -0.25) is 4.70 Å². The van der Waals surface area contributed by atoms with E-state index in [1.165, 1.54) is 0 Å². The van der Waals surface area contributed by atoms with Crippen molar-refractivity contribution in [2.24, 2.45) is 0 Å². The van der Waals surface area contributed by atoms with E-state index in [1.54, 1.807) is 0 Å². The number of hydrogen-bond acceptors (Lipinski definition) is 0. The van der Waals surface area contributed by atoms with E-state index in [1.807, 2.05) is 0 Å². The summed E-state index contributed by atoms with van der Waals surface area (Å²) in [5, 5.41) is 0. The summed E-state index contributed by atoms with van der Waals surface area (Å²) in [4.78, 5) is 0. The second kappa shape index (κ2) is 31.1. The van der Waals surface area contributed by atoms with Gasteiger partial charge in [-0.05, 0) is 0 Å². The molecule has 0 aliphatic rings. The fraction of sp³-hybridized carbons (Fsp3) is 0. The van der Waals surface area contributed by atoms with E-state index in [-0.39, 0.29) is 54.2 Å². The molecule has 0 aliphatic carbocycles. The van der Waals surface area contributed by atoms with E-state index in [0.717, 1.165) is 0 Å². The van der Waals surface area contributed by atoms with Crippen LogP contribution in [0.15, 0.2) is 0 Å². The van der Waals surface area contributed by atoms with Crippen molar-refractivity contribution in [2.75, 3.05) is 0 Å². The van der Waals surface area contributed by atoms with E-state index >= 15 is 0 Å². The Labute approximate surface area is 54.0 Å². The maximum absolute atomic E-state index is 0. The minimum atomic E-state index is 0. The third-order valence-corrected chi connectivity index (χ3v) is 0. The normalized spacial score (nSPS) is 0. The molecule has 0 aliphatic heterocycles. The van der Waals surface area contributed by atoms with Crippen molar-refractivity contribution in [3.05, 3.63) is 0 Å². The summed E-state index contributed by atoms with van der Waals surface area (Å²) in [6, 6.07) is 0. The van der Waals surface area contributed by atoms with Crippen LogP contribution in [-0.2, 0) is 0 Å². The van der Waals surface area contributed by atoms with Gasteiger partial charge in [0.2, 0.25) is 0 Å². The average Bonchev–Trinajstić information content (AvgIpc) is 0. The maximum Gasteiger partial charge on any atom is 0 e. The molecule has 0 aromatic rings. The van der Waals surface area contributed by atoms with Gasteiger partial charge in [0.15, 0.2) is 0 Å². The van der Waals surface area contributed by atoms with Crippen LogP contribution in [0.4, 0.5) is 4.70 Å². The zero-order valence-electron chi connectivity index (χ0n) is 2.06. The zero-order chi connectivity index (χ0) is 0. The van der Waals surface area contributed by atoms with Crippen LogP contribution in [0.3, 0.4) is 0 Å². The number of rotatable bonds is 0. The van der Waals surface area contributed by atoms with Crippen molar-refractivity contribution in [2.45, 2.75) is 0 Å². The van der Waals surface area contributed by atoms with Gasteiger partial charge in [0.1, 0.15) is 0 Å². The van der Waals surface area contributed by atoms with Gasteiger partial charge >= 0.3 is 0 Å².